The number of aliphatic imine (C=N–C) groups is 1. The van der Waals surface area contributed by atoms with Crippen LogP contribution in [0.3, 0.4) is 0 Å². The van der Waals surface area contributed by atoms with Crippen molar-refractivity contribution in [3.63, 3.8) is 0 Å². The van der Waals surface area contributed by atoms with Crippen molar-refractivity contribution in [2.24, 2.45) is 34.4 Å². The summed E-state index contributed by atoms with van der Waals surface area (Å²) in [5.41, 5.74) is 10.9. The zero-order valence-corrected chi connectivity index (χ0v) is 40.0. The largest absolute Gasteiger partial charge is 0.508 e. The molecule has 4 aliphatic heterocycles. The number of rotatable bonds is 5. The minimum atomic E-state index is -1.24. The summed E-state index contributed by atoms with van der Waals surface area (Å²) in [6.07, 6.45) is 4.71. The van der Waals surface area contributed by atoms with Gasteiger partial charge in [-0.05, 0) is 98.1 Å². The van der Waals surface area contributed by atoms with Gasteiger partial charge in [-0.15, -0.1) is 0 Å². The van der Waals surface area contributed by atoms with E-state index in [1.807, 2.05) is 12.1 Å². The Labute approximate surface area is 401 Å². The van der Waals surface area contributed by atoms with Crippen LogP contribution in [-0.4, -0.2) is 92.3 Å². The van der Waals surface area contributed by atoms with Crippen LogP contribution < -0.4 is 30.6 Å². The van der Waals surface area contributed by atoms with E-state index in [0.29, 0.717) is 77.9 Å². The molecule has 1 spiro atoms. The van der Waals surface area contributed by atoms with Gasteiger partial charge in [0.05, 0.1) is 23.8 Å². The number of carbonyl (C=O) groups excluding carboxylic acids is 1. The van der Waals surface area contributed by atoms with Crippen molar-refractivity contribution in [3.8, 4) is 52.4 Å². The highest BCUT2D eigenvalue weighted by molar-refractivity contribution is 8.76. The molecule has 6 aliphatic rings. The Kier molecular flexibility index (Phi) is 16.1. The first-order chi connectivity index (χ1) is 32.4. The average molecular weight is 953 g/mol. The standard InChI is InChI=1S/C52H64N4O9S2/c1-31(2)45-28-67-66-27-43-42-25-41-35-14-17-39(60)24-38(59)16-13-34-15-18-46(61)48(64-30-57)40(34)11-4-9-36(23-35)47(49(41)65-50(42)62)63-29-54-52(20-6-12-44(43)55-51(53)56-45)19-5-8-33(26-52)21-32-7-3-10-37(58)22-32/h3,7,10,15,18,22-23,31,33,39,42-45,50,54,57-58,60-62H,5,8-9,13-14,16-17,19-21,24-30H2,1-2H3,(H3,53,55,56)/t33-,39-,42+,43+,44-,45+,50-,52-/m1/s1. The summed E-state index contributed by atoms with van der Waals surface area (Å²) >= 11 is 0. The second kappa shape index (κ2) is 22.1. The maximum absolute atomic E-state index is 13.3. The number of Topliss-reactive ketones (excluding diaryl/α,β-unsaturated/α-hetero) is 1. The minimum absolute atomic E-state index is 0.0170. The molecule has 13 nitrogen and oxygen atoms in total. The fourth-order valence-corrected chi connectivity index (χ4v) is 13.2. The number of ether oxygens (including phenoxy) is 3. The molecule has 0 saturated heterocycles. The van der Waals surface area contributed by atoms with Crippen molar-refractivity contribution in [1.82, 2.24) is 10.6 Å². The highest BCUT2D eigenvalue weighted by atomic mass is 33.1. The number of carbonyl (C=O) groups is 1. The molecule has 2 aliphatic carbocycles. The Balaban J connectivity index is 1.24. The first kappa shape index (κ1) is 48.7. The van der Waals surface area contributed by atoms with Crippen LogP contribution in [0, 0.1) is 47.4 Å². The maximum Gasteiger partial charge on any atom is 0.201 e. The van der Waals surface area contributed by atoms with Gasteiger partial charge < -0.3 is 50.8 Å². The molecular formula is C52H64N4O9S2. The van der Waals surface area contributed by atoms with E-state index in [-0.39, 0.29) is 66.9 Å². The number of fused-ring (bicyclic) bond motifs is 7. The van der Waals surface area contributed by atoms with Crippen molar-refractivity contribution in [3.05, 3.63) is 75.8 Å². The van der Waals surface area contributed by atoms with Crippen LogP contribution in [0.25, 0.3) is 0 Å². The second-order valence-corrected chi connectivity index (χ2v) is 21.7. The van der Waals surface area contributed by atoms with Gasteiger partial charge in [0, 0.05) is 65.7 Å². The fraction of sp³-hybridized carbons (Fsp3) is 0.538. The number of aromatic hydroxyl groups is 2. The number of hydrogen-bond donors (Lipinski definition) is 8. The summed E-state index contributed by atoms with van der Waals surface area (Å²) in [4.78, 5) is 18.2. The van der Waals surface area contributed by atoms with Gasteiger partial charge in [-0.2, -0.15) is 0 Å². The van der Waals surface area contributed by atoms with E-state index in [1.165, 1.54) is 6.07 Å². The van der Waals surface area contributed by atoms with Gasteiger partial charge in [0.25, 0.3) is 0 Å². The molecule has 3 aromatic carbocycles. The third-order valence-corrected chi connectivity index (χ3v) is 16.5. The highest BCUT2D eigenvalue weighted by Gasteiger charge is 2.43. The van der Waals surface area contributed by atoms with Gasteiger partial charge in [0.2, 0.25) is 6.29 Å². The van der Waals surface area contributed by atoms with E-state index >= 15 is 0 Å². The molecule has 0 unspecified atom stereocenters. The van der Waals surface area contributed by atoms with Gasteiger partial charge in [-0.1, -0.05) is 89.8 Å². The first-order valence-corrected chi connectivity index (χ1v) is 26.1. The summed E-state index contributed by atoms with van der Waals surface area (Å²) in [6, 6.07) is 12.2. The number of guanidine groups is 1. The topological polar surface area (TPSA) is 208 Å². The molecule has 9 N–H and O–H groups in total. The molecule has 358 valence electrons. The molecule has 3 aromatic rings. The number of hydrogen-bond acceptors (Lipinski definition) is 15. The van der Waals surface area contributed by atoms with Crippen LogP contribution in [0.4, 0.5) is 0 Å². The molecule has 0 amide bonds. The summed E-state index contributed by atoms with van der Waals surface area (Å²) in [5, 5.41) is 61.7. The number of aliphatic hydroxyl groups excluding tert-OH is 3. The molecule has 8 atom stereocenters. The normalized spacial score (nSPS) is 28.1. The highest BCUT2D eigenvalue weighted by Crippen LogP contribution is 2.47. The van der Waals surface area contributed by atoms with Crippen LogP contribution in [0.2, 0.25) is 0 Å². The van der Waals surface area contributed by atoms with Crippen LogP contribution >= 0.6 is 21.6 Å². The van der Waals surface area contributed by atoms with E-state index in [2.05, 4.69) is 60.3 Å². The molecule has 0 aromatic heterocycles. The van der Waals surface area contributed by atoms with Crippen molar-refractivity contribution in [1.29, 1.82) is 0 Å². The van der Waals surface area contributed by atoms with E-state index in [0.717, 1.165) is 54.5 Å². The summed E-state index contributed by atoms with van der Waals surface area (Å²) in [6.45, 7) is 3.72. The van der Waals surface area contributed by atoms with Crippen molar-refractivity contribution >= 4 is 33.3 Å². The number of nitrogens with one attached hydrogen (secondary N) is 2. The quantitative estimate of drug-likeness (QED) is 0.0852. The van der Waals surface area contributed by atoms with Crippen LogP contribution in [0.15, 0.2) is 47.5 Å². The SMILES string of the molecule is CC(C)[C@@H]1CSSC[C@H]2[C@@H]3Cc4c5cc(c(c4O[C@H]3O)OCN[C@@]3(CC#C[C@H]2NC(N)=N1)CCC[C@H](Cc1cccc(O)c1)C3)CC#Cc1c(ccc(O)c1OCO)CCC(=O)C[C@H](O)CC5. The minimum Gasteiger partial charge on any atom is -0.508 e. The molecule has 1 saturated carbocycles. The van der Waals surface area contributed by atoms with Crippen molar-refractivity contribution in [2.45, 2.75) is 127 Å². The Bertz CT molecular complexity index is 2430. The van der Waals surface area contributed by atoms with Gasteiger partial charge in [0.15, 0.2) is 35.8 Å². The molecule has 9 rings (SSSR count). The Hall–Kier alpha value is -4.74. The van der Waals surface area contributed by atoms with E-state index in [4.69, 9.17) is 24.9 Å². The smallest absolute Gasteiger partial charge is 0.201 e. The molecule has 0 radical (unpaired) electrons. The molecular weight excluding hydrogens is 889 g/mol. The zero-order chi connectivity index (χ0) is 47.1. The van der Waals surface area contributed by atoms with Crippen molar-refractivity contribution in [2.75, 3.05) is 25.0 Å². The molecule has 15 heteroatoms. The Morgan fingerprint density at radius 3 is 2.66 bits per heavy atom. The number of ketones is 1. The number of nitrogens with zero attached hydrogens (tertiary/aromatic N) is 1. The number of aliphatic hydroxyl groups is 3. The number of phenols is 2. The maximum atomic E-state index is 13.3. The van der Waals surface area contributed by atoms with E-state index in [1.54, 1.807) is 33.7 Å². The predicted octanol–water partition coefficient (Wildman–Crippen LogP) is 5.90. The van der Waals surface area contributed by atoms with Crippen LogP contribution in [-0.2, 0) is 36.9 Å². The van der Waals surface area contributed by atoms with E-state index in [9.17, 15) is 30.3 Å². The first-order valence-electron chi connectivity index (χ1n) is 23.7. The van der Waals surface area contributed by atoms with Crippen molar-refractivity contribution < 1.29 is 44.5 Å². The monoisotopic (exact) mass is 952 g/mol. The molecule has 4 heterocycles. The van der Waals surface area contributed by atoms with E-state index < -0.39 is 36.7 Å². The number of phenolic OH excluding ortho intramolecular Hbond substituents is 2. The lowest BCUT2D eigenvalue weighted by Gasteiger charge is -2.42. The van der Waals surface area contributed by atoms with Gasteiger partial charge in [-0.25, -0.2) is 4.99 Å². The third-order valence-electron chi connectivity index (χ3n) is 14.0. The zero-order valence-electron chi connectivity index (χ0n) is 38.4. The number of nitrogens with two attached hydrogens (primary N) is 1. The summed E-state index contributed by atoms with van der Waals surface area (Å²) in [7, 11) is 3.50. The Morgan fingerprint density at radius 1 is 0.985 bits per heavy atom. The molecule has 67 heavy (non-hydrogen) atoms. The number of benzene rings is 3. The Morgan fingerprint density at radius 2 is 1.84 bits per heavy atom. The lowest BCUT2D eigenvalue weighted by molar-refractivity contribution is -0.121. The third kappa shape index (κ3) is 11.9. The van der Waals surface area contributed by atoms with Gasteiger partial charge in [0.1, 0.15) is 18.3 Å². The van der Waals surface area contributed by atoms with Gasteiger partial charge in [-0.3, -0.25) is 10.1 Å². The lowest BCUT2D eigenvalue weighted by atomic mass is 9.72. The average Bonchev–Trinajstić information content (AvgIpc) is 3.29. The van der Waals surface area contributed by atoms with Crippen LogP contribution in [0.1, 0.15) is 98.6 Å². The fourth-order valence-electron chi connectivity index (χ4n) is 10.4. The summed E-state index contributed by atoms with van der Waals surface area (Å²) in [5.74, 6) is 16.3. The van der Waals surface area contributed by atoms with Crippen LogP contribution in [0.5, 0.6) is 28.7 Å². The van der Waals surface area contributed by atoms with Gasteiger partial charge >= 0.3 is 0 Å². The predicted molar refractivity (Wildman–Crippen MR) is 262 cm³/mol. The lowest BCUT2D eigenvalue weighted by Crippen LogP contribution is -2.52. The second-order valence-electron chi connectivity index (χ2n) is 19.1. The number of aryl methyl sites for hydroxylation is 2. The summed E-state index contributed by atoms with van der Waals surface area (Å²) < 4.78 is 19.0. The molecule has 1 fully saturated rings. The molecule has 6 bridgehead atoms.